The van der Waals surface area contributed by atoms with Gasteiger partial charge in [-0.05, 0) is 25.0 Å². The van der Waals surface area contributed by atoms with Crippen molar-refractivity contribution in [3.63, 3.8) is 0 Å². The highest BCUT2D eigenvalue weighted by Crippen LogP contribution is 2.27. The van der Waals surface area contributed by atoms with Crippen molar-refractivity contribution >= 4 is 11.7 Å². The van der Waals surface area contributed by atoms with Crippen LogP contribution in [0.1, 0.15) is 32.3 Å². The summed E-state index contributed by atoms with van der Waals surface area (Å²) in [7, 11) is 1.36. The zero-order chi connectivity index (χ0) is 16.0. The zero-order valence-electron chi connectivity index (χ0n) is 12.4. The Morgan fingerprint density at radius 3 is 2.67 bits per heavy atom. The fraction of sp³-hybridized carbons (Fsp3) is 0.500. The first-order valence-electron chi connectivity index (χ1n) is 6.63. The van der Waals surface area contributed by atoms with Gasteiger partial charge < -0.3 is 9.84 Å². The van der Waals surface area contributed by atoms with Crippen molar-refractivity contribution in [2.75, 3.05) is 7.11 Å². The number of nitrogens with zero attached hydrogens (tertiary/aromatic N) is 1. The van der Waals surface area contributed by atoms with E-state index in [4.69, 9.17) is 4.74 Å². The monoisotopic (exact) mass is 296 g/mol. The maximum Gasteiger partial charge on any atom is 0.323 e. The summed E-state index contributed by atoms with van der Waals surface area (Å²) in [6.07, 6.45) is 1.19. The zero-order valence-corrected chi connectivity index (χ0v) is 12.4. The van der Waals surface area contributed by atoms with E-state index in [1.807, 2.05) is 6.92 Å². The molecule has 0 fully saturated rings. The Morgan fingerprint density at radius 2 is 2.19 bits per heavy atom. The average molecular weight is 296 g/mol. The normalized spacial score (nSPS) is 13.5. The third-order valence-corrected chi connectivity index (χ3v) is 3.34. The maximum absolute atomic E-state index is 11.3. The Hall–Kier alpha value is -2.15. The summed E-state index contributed by atoms with van der Waals surface area (Å²) in [5.74, 6) is -0.759. The number of carboxylic acids is 1. The summed E-state index contributed by atoms with van der Waals surface area (Å²) < 4.78 is 4.93. The SMILES string of the molecule is CCCC(C)(NCc1ccc(OC)c([N+](=O)[O-])c1)C(=O)O. The van der Waals surface area contributed by atoms with Crippen LogP contribution in [0.2, 0.25) is 0 Å². The van der Waals surface area contributed by atoms with Crippen molar-refractivity contribution in [3.8, 4) is 5.75 Å². The van der Waals surface area contributed by atoms with Crippen LogP contribution in [0.4, 0.5) is 5.69 Å². The molecule has 0 bridgehead atoms. The Morgan fingerprint density at radius 1 is 1.52 bits per heavy atom. The van der Waals surface area contributed by atoms with E-state index in [1.165, 1.54) is 19.2 Å². The van der Waals surface area contributed by atoms with Crippen LogP contribution in [0.15, 0.2) is 18.2 Å². The van der Waals surface area contributed by atoms with Gasteiger partial charge in [0.2, 0.25) is 0 Å². The van der Waals surface area contributed by atoms with Crippen LogP contribution < -0.4 is 10.1 Å². The van der Waals surface area contributed by atoms with E-state index in [-0.39, 0.29) is 18.0 Å². The third-order valence-electron chi connectivity index (χ3n) is 3.34. The molecule has 0 heterocycles. The number of methoxy groups -OCH3 is 1. The molecule has 0 radical (unpaired) electrons. The number of rotatable bonds is 8. The molecule has 1 rings (SSSR count). The second-order valence-electron chi connectivity index (χ2n) is 5.00. The molecule has 116 valence electrons. The lowest BCUT2D eigenvalue weighted by Gasteiger charge is -2.26. The molecule has 0 saturated heterocycles. The summed E-state index contributed by atoms with van der Waals surface area (Å²) in [6.45, 7) is 3.74. The standard InChI is InChI=1S/C14H20N2O5/c1-4-7-14(2,13(17)18)15-9-10-5-6-12(21-3)11(8-10)16(19)20/h5-6,8,15H,4,7,9H2,1-3H3,(H,17,18). The molecule has 0 aromatic heterocycles. The molecule has 1 aromatic carbocycles. The van der Waals surface area contributed by atoms with Gasteiger partial charge >= 0.3 is 11.7 Å². The molecule has 0 amide bonds. The number of hydrogen-bond donors (Lipinski definition) is 2. The van der Waals surface area contributed by atoms with Gasteiger partial charge in [-0.1, -0.05) is 19.4 Å². The van der Waals surface area contributed by atoms with Gasteiger partial charge in [-0.15, -0.1) is 0 Å². The molecular formula is C14H20N2O5. The molecule has 0 saturated carbocycles. The van der Waals surface area contributed by atoms with Crippen LogP contribution in [0, 0.1) is 10.1 Å². The number of carboxylic acid groups (broad SMARTS) is 1. The van der Waals surface area contributed by atoms with Crippen LogP contribution in [0.5, 0.6) is 5.75 Å². The lowest BCUT2D eigenvalue weighted by atomic mass is 9.96. The van der Waals surface area contributed by atoms with E-state index in [2.05, 4.69) is 5.32 Å². The number of nitro groups is 1. The highest BCUT2D eigenvalue weighted by Gasteiger charge is 2.31. The van der Waals surface area contributed by atoms with E-state index < -0.39 is 16.4 Å². The summed E-state index contributed by atoms with van der Waals surface area (Å²) in [5.41, 5.74) is -0.556. The lowest BCUT2D eigenvalue weighted by molar-refractivity contribution is -0.385. The van der Waals surface area contributed by atoms with Gasteiger partial charge in [-0.3, -0.25) is 20.2 Å². The quantitative estimate of drug-likeness (QED) is 0.564. The third kappa shape index (κ3) is 4.16. The molecule has 0 aliphatic carbocycles. The van der Waals surface area contributed by atoms with Gasteiger partial charge in [-0.2, -0.15) is 0 Å². The summed E-state index contributed by atoms with van der Waals surface area (Å²) >= 11 is 0. The molecule has 0 aliphatic rings. The molecule has 7 nitrogen and oxygen atoms in total. The molecule has 1 unspecified atom stereocenters. The molecule has 21 heavy (non-hydrogen) atoms. The van der Waals surface area contributed by atoms with Crippen LogP contribution in [-0.4, -0.2) is 28.6 Å². The van der Waals surface area contributed by atoms with E-state index in [1.54, 1.807) is 13.0 Å². The number of aliphatic carboxylic acids is 1. The van der Waals surface area contributed by atoms with Crippen molar-refractivity contribution in [1.29, 1.82) is 0 Å². The van der Waals surface area contributed by atoms with Crippen LogP contribution in [0.25, 0.3) is 0 Å². The smallest absolute Gasteiger partial charge is 0.323 e. The Kier molecular flexibility index (Phi) is 5.66. The van der Waals surface area contributed by atoms with E-state index in [0.717, 1.165) is 6.42 Å². The van der Waals surface area contributed by atoms with Gasteiger partial charge in [0.05, 0.1) is 12.0 Å². The second kappa shape index (κ2) is 7.03. The van der Waals surface area contributed by atoms with Gasteiger partial charge in [-0.25, -0.2) is 0 Å². The van der Waals surface area contributed by atoms with Crippen molar-refractivity contribution < 1.29 is 19.6 Å². The number of nitro benzene ring substituents is 1. The average Bonchev–Trinajstić information content (AvgIpc) is 2.44. The number of ether oxygens (including phenoxy) is 1. The largest absolute Gasteiger partial charge is 0.490 e. The Bertz CT molecular complexity index is 532. The second-order valence-corrected chi connectivity index (χ2v) is 5.00. The first kappa shape index (κ1) is 16.9. The molecule has 1 aromatic rings. The van der Waals surface area contributed by atoms with Crippen LogP contribution in [-0.2, 0) is 11.3 Å². The first-order valence-corrected chi connectivity index (χ1v) is 6.63. The minimum Gasteiger partial charge on any atom is -0.490 e. The number of nitrogens with one attached hydrogen (secondary N) is 1. The lowest BCUT2D eigenvalue weighted by Crippen LogP contribution is -2.48. The summed E-state index contributed by atoms with van der Waals surface area (Å²) in [4.78, 5) is 21.8. The van der Waals surface area contributed by atoms with Crippen LogP contribution >= 0.6 is 0 Å². The summed E-state index contributed by atoms with van der Waals surface area (Å²) in [5, 5.41) is 23.2. The molecule has 7 heteroatoms. The molecule has 2 N–H and O–H groups in total. The van der Waals surface area contributed by atoms with E-state index >= 15 is 0 Å². The minimum atomic E-state index is -1.05. The van der Waals surface area contributed by atoms with Crippen molar-refractivity contribution in [2.45, 2.75) is 38.8 Å². The molecular weight excluding hydrogens is 276 g/mol. The first-order chi connectivity index (χ1) is 9.84. The van der Waals surface area contributed by atoms with Gasteiger partial charge in [0.1, 0.15) is 5.54 Å². The Labute approximate surface area is 123 Å². The van der Waals surface area contributed by atoms with Crippen molar-refractivity contribution in [2.24, 2.45) is 0 Å². The predicted molar refractivity (Wildman–Crippen MR) is 77.4 cm³/mol. The van der Waals surface area contributed by atoms with E-state index in [0.29, 0.717) is 12.0 Å². The van der Waals surface area contributed by atoms with Gasteiger partial charge in [0, 0.05) is 12.6 Å². The molecule has 1 atom stereocenters. The highest BCUT2D eigenvalue weighted by atomic mass is 16.6. The number of benzene rings is 1. The predicted octanol–water partition coefficient (Wildman–Crippen LogP) is 2.34. The number of hydrogen-bond acceptors (Lipinski definition) is 5. The maximum atomic E-state index is 11.3. The van der Waals surface area contributed by atoms with Gasteiger partial charge in [0.15, 0.2) is 5.75 Å². The van der Waals surface area contributed by atoms with Crippen molar-refractivity contribution in [3.05, 3.63) is 33.9 Å². The Balaban J connectivity index is 2.91. The number of carbonyl (C=O) groups is 1. The molecule has 0 aliphatic heterocycles. The molecule has 0 spiro atoms. The topological polar surface area (TPSA) is 102 Å². The van der Waals surface area contributed by atoms with Gasteiger partial charge in [0.25, 0.3) is 0 Å². The fourth-order valence-electron chi connectivity index (χ4n) is 2.06. The summed E-state index contributed by atoms with van der Waals surface area (Å²) in [6, 6.07) is 4.57. The highest BCUT2D eigenvalue weighted by molar-refractivity contribution is 5.78. The fourth-order valence-corrected chi connectivity index (χ4v) is 2.06. The van der Waals surface area contributed by atoms with E-state index in [9.17, 15) is 20.0 Å². The van der Waals surface area contributed by atoms with Crippen molar-refractivity contribution in [1.82, 2.24) is 5.32 Å². The van der Waals surface area contributed by atoms with Crippen LogP contribution in [0.3, 0.4) is 0 Å². The minimum absolute atomic E-state index is 0.135.